The standard InChI is InChI=1S/C25H30FN3O5S/c1-3-29(4-2)12-5-6-16-14-17(26)7-10-22(16)35(32,33)28-20-9-8-19-18-11-13-34-21(18)15-27-24(19)23(20)25(30)31/h5-10,14,18,21,27-28H,3-4,11-13,15H2,1-2H3,(H,30,31)/b6-5-/t18-,21+/m0/s1. The van der Waals surface area contributed by atoms with Gasteiger partial charge in [-0.15, -0.1) is 0 Å². The minimum Gasteiger partial charge on any atom is -0.478 e. The van der Waals surface area contributed by atoms with Crippen LogP contribution >= 0.6 is 0 Å². The Balaban J connectivity index is 1.68. The van der Waals surface area contributed by atoms with E-state index in [1.165, 1.54) is 12.1 Å². The maximum absolute atomic E-state index is 14.0. The van der Waals surface area contributed by atoms with Crippen molar-refractivity contribution in [3.63, 3.8) is 0 Å². The number of carbonyl (C=O) groups is 1. The van der Waals surface area contributed by atoms with Crippen molar-refractivity contribution < 1.29 is 27.4 Å². The molecule has 3 N–H and O–H groups in total. The molecule has 0 radical (unpaired) electrons. The zero-order valence-electron chi connectivity index (χ0n) is 19.8. The molecule has 1 saturated heterocycles. The number of hydrogen-bond acceptors (Lipinski definition) is 6. The lowest BCUT2D eigenvalue weighted by Gasteiger charge is -2.30. The second kappa shape index (κ2) is 10.3. The number of likely N-dealkylation sites (N-methyl/N-ethyl adjacent to an activating group) is 1. The number of ether oxygens (including phenoxy) is 1. The first kappa shape index (κ1) is 25.2. The Labute approximate surface area is 204 Å². The predicted octanol–water partition coefficient (Wildman–Crippen LogP) is 3.98. The summed E-state index contributed by atoms with van der Waals surface area (Å²) in [6.07, 6.45) is 4.11. The fourth-order valence-electron chi connectivity index (χ4n) is 4.74. The number of hydrogen-bond donors (Lipinski definition) is 3. The third kappa shape index (κ3) is 5.19. The molecule has 2 atom stereocenters. The summed E-state index contributed by atoms with van der Waals surface area (Å²) in [7, 11) is -4.22. The van der Waals surface area contributed by atoms with Gasteiger partial charge in [0, 0.05) is 25.6 Å². The molecule has 2 aromatic rings. The van der Waals surface area contributed by atoms with Gasteiger partial charge in [-0.1, -0.05) is 32.1 Å². The fourth-order valence-corrected chi connectivity index (χ4v) is 5.99. The molecule has 0 amide bonds. The number of carboxylic acid groups (broad SMARTS) is 1. The molecule has 2 aliphatic rings. The topological polar surface area (TPSA) is 108 Å². The zero-order valence-corrected chi connectivity index (χ0v) is 20.6. The van der Waals surface area contributed by atoms with E-state index in [2.05, 4.69) is 14.9 Å². The molecule has 0 unspecified atom stereocenters. The molecule has 10 heteroatoms. The van der Waals surface area contributed by atoms with Crippen LogP contribution in [0.3, 0.4) is 0 Å². The molecule has 1 fully saturated rings. The lowest BCUT2D eigenvalue weighted by atomic mass is 9.86. The lowest BCUT2D eigenvalue weighted by Crippen LogP contribution is -2.31. The lowest BCUT2D eigenvalue weighted by molar-refractivity contribution is 0.0697. The minimum atomic E-state index is -4.22. The van der Waals surface area contributed by atoms with Crippen LogP contribution < -0.4 is 10.0 Å². The van der Waals surface area contributed by atoms with Gasteiger partial charge in [-0.05, 0) is 54.9 Å². The summed E-state index contributed by atoms with van der Waals surface area (Å²) in [4.78, 5) is 14.2. The van der Waals surface area contributed by atoms with Gasteiger partial charge < -0.3 is 20.1 Å². The smallest absolute Gasteiger partial charge is 0.339 e. The van der Waals surface area contributed by atoms with Crippen molar-refractivity contribution in [2.24, 2.45) is 0 Å². The summed E-state index contributed by atoms with van der Waals surface area (Å²) in [5, 5.41) is 13.1. The number of sulfonamides is 1. The number of nitrogens with one attached hydrogen (secondary N) is 2. The highest BCUT2D eigenvalue weighted by molar-refractivity contribution is 7.92. The fraction of sp³-hybridized carbons (Fsp3) is 0.400. The summed E-state index contributed by atoms with van der Waals surface area (Å²) in [5.41, 5.74) is 1.20. The van der Waals surface area contributed by atoms with Gasteiger partial charge in [0.25, 0.3) is 10.0 Å². The van der Waals surface area contributed by atoms with Gasteiger partial charge in [-0.3, -0.25) is 4.72 Å². The molecule has 188 valence electrons. The van der Waals surface area contributed by atoms with E-state index in [9.17, 15) is 22.7 Å². The molecule has 0 bridgehead atoms. The Morgan fingerprint density at radius 2 is 2.06 bits per heavy atom. The molecule has 2 aliphatic heterocycles. The van der Waals surface area contributed by atoms with Crippen LogP contribution in [0.15, 0.2) is 41.3 Å². The second-order valence-corrected chi connectivity index (χ2v) is 10.3. The average molecular weight is 504 g/mol. The van der Waals surface area contributed by atoms with E-state index in [-0.39, 0.29) is 33.7 Å². The number of halogens is 1. The van der Waals surface area contributed by atoms with Crippen molar-refractivity contribution in [2.75, 3.05) is 42.8 Å². The van der Waals surface area contributed by atoms with Gasteiger partial charge in [0.1, 0.15) is 11.4 Å². The van der Waals surface area contributed by atoms with Gasteiger partial charge in [0.05, 0.1) is 22.4 Å². The van der Waals surface area contributed by atoms with Crippen molar-refractivity contribution in [1.82, 2.24) is 4.90 Å². The summed E-state index contributed by atoms with van der Waals surface area (Å²) in [6, 6.07) is 6.63. The maximum Gasteiger partial charge on any atom is 0.339 e. The SMILES string of the molecule is CCN(CC)C/C=C\c1cc(F)ccc1S(=O)(=O)Nc1ccc2c(c1C(=O)O)NC[C@H]1OCC[C@@H]21. The van der Waals surface area contributed by atoms with E-state index < -0.39 is 21.8 Å². The van der Waals surface area contributed by atoms with Crippen LogP contribution in [-0.4, -0.2) is 63.3 Å². The minimum absolute atomic E-state index is 0.0309. The molecular weight excluding hydrogens is 473 g/mol. The first-order valence-electron chi connectivity index (χ1n) is 11.7. The largest absolute Gasteiger partial charge is 0.478 e. The van der Waals surface area contributed by atoms with Gasteiger partial charge >= 0.3 is 5.97 Å². The Kier molecular flexibility index (Phi) is 7.44. The second-order valence-electron chi connectivity index (χ2n) is 8.62. The van der Waals surface area contributed by atoms with E-state index in [1.54, 1.807) is 18.2 Å². The van der Waals surface area contributed by atoms with Crippen LogP contribution in [0.1, 0.15) is 47.7 Å². The van der Waals surface area contributed by atoms with E-state index in [0.717, 1.165) is 37.2 Å². The molecule has 2 aromatic carbocycles. The van der Waals surface area contributed by atoms with E-state index >= 15 is 0 Å². The third-order valence-corrected chi connectivity index (χ3v) is 8.04. The van der Waals surface area contributed by atoms with Crippen LogP contribution in [0.2, 0.25) is 0 Å². The molecule has 4 rings (SSSR count). The highest BCUT2D eigenvalue weighted by atomic mass is 32.2. The summed E-state index contributed by atoms with van der Waals surface area (Å²) < 4.78 is 48.8. The summed E-state index contributed by atoms with van der Waals surface area (Å²) >= 11 is 0. The first-order chi connectivity index (χ1) is 16.7. The van der Waals surface area contributed by atoms with Gasteiger partial charge in [0.2, 0.25) is 0 Å². The Hall–Kier alpha value is -2.95. The Bertz CT molecular complexity index is 1240. The number of nitrogens with zero attached hydrogens (tertiary/aromatic N) is 1. The molecule has 0 aliphatic carbocycles. The molecular formula is C25H30FN3O5S. The molecule has 8 nitrogen and oxygen atoms in total. The van der Waals surface area contributed by atoms with Crippen LogP contribution in [-0.2, 0) is 14.8 Å². The summed E-state index contributed by atoms with van der Waals surface area (Å²) in [6.45, 7) is 7.33. The highest BCUT2D eigenvalue weighted by Gasteiger charge is 2.37. The number of carboxylic acids is 1. The van der Waals surface area contributed by atoms with Crippen molar-refractivity contribution in [2.45, 2.75) is 37.2 Å². The number of anilines is 2. The molecule has 0 aromatic heterocycles. The number of rotatable bonds is 9. The van der Waals surface area contributed by atoms with Crippen molar-refractivity contribution >= 4 is 33.4 Å². The molecule has 35 heavy (non-hydrogen) atoms. The van der Waals surface area contributed by atoms with Crippen LogP contribution in [0.5, 0.6) is 0 Å². The van der Waals surface area contributed by atoms with Crippen molar-refractivity contribution in [3.8, 4) is 0 Å². The first-order valence-corrected chi connectivity index (χ1v) is 13.2. The van der Waals surface area contributed by atoms with Crippen LogP contribution in [0.25, 0.3) is 6.08 Å². The van der Waals surface area contributed by atoms with E-state index in [0.29, 0.717) is 25.4 Å². The third-order valence-electron chi connectivity index (χ3n) is 6.60. The number of aromatic carboxylic acids is 1. The zero-order chi connectivity index (χ0) is 25.2. The normalized spacial score (nSPS) is 19.4. The predicted molar refractivity (Wildman–Crippen MR) is 133 cm³/mol. The van der Waals surface area contributed by atoms with Gasteiger partial charge in [-0.2, -0.15) is 0 Å². The van der Waals surface area contributed by atoms with Gasteiger partial charge in [0.15, 0.2) is 0 Å². The molecule has 0 saturated carbocycles. The van der Waals surface area contributed by atoms with Gasteiger partial charge in [-0.25, -0.2) is 17.6 Å². The van der Waals surface area contributed by atoms with E-state index in [4.69, 9.17) is 4.74 Å². The van der Waals surface area contributed by atoms with Crippen LogP contribution in [0, 0.1) is 5.82 Å². The van der Waals surface area contributed by atoms with Crippen LogP contribution in [0.4, 0.5) is 15.8 Å². The summed E-state index contributed by atoms with van der Waals surface area (Å²) in [5.74, 6) is -1.75. The quantitative estimate of drug-likeness (QED) is 0.475. The Morgan fingerprint density at radius 1 is 1.29 bits per heavy atom. The molecule has 2 heterocycles. The molecule has 0 spiro atoms. The maximum atomic E-state index is 14.0. The monoisotopic (exact) mass is 503 g/mol. The Morgan fingerprint density at radius 3 is 2.77 bits per heavy atom. The van der Waals surface area contributed by atoms with E-state index in [1.807, 2.05) is 13.8 Å². The van der Waals surface area contributed by atoms with Crippen molar-refractivity contribution in [1.29, 1.82) is 0 Å². The number of fused-ring (bicyclic) bond motifs is 3. The average Bonchev–Trinajstić information content (AvgIpc) is 3.30. The van der Waals surface area contributed by atoms with Crippen molar-refractivity contribution in [3.05, 3.63) is 58.9 Å². The highest BCUT2D eigenvalue weighted by Crippen LogP contribution is 2.43. The number of benzene rings is 2.